The Labute approximate surface area is 287 Å². The number of aliphatic hydroxyl groups excluding tert-OH is 2. The lowest BCUT2D eigenvalue weighted by molar-refractivity contribution is -0.240. The van der Waals surface area contributed by atoms with Gasteiger partial charge in [0.2, 0.25) is 6.41 Å². The molecule has 2 amide bonds. The van der Waals surface area contributed by atoms with E-state index < -0.39 is 36.3 Å². The fraction of sp³-hybridized carbons (Fsp3) is 0.472. The number of hydrogen-bond donors (Lipinski definition) is 3. The molecule has 2 aliphatic heterocycles. The van der Waals surface area contributed by atoms with Crippen LogP contribution in [0.4, 0.5) is 9.59 Å². The zero-order valence-electron chi connectivity index (χ0n) is 28.3. The van der Waals surface area contributed by atoms with Crippen LogP contribution in [-0.2, 0) is 27.4 Å². The first-order valence-electron chi connectivity index (χ1n) is 16.6. The predicted molar refractivity (Wildman–Crippen MR) is 180 cm³/mol. The summed E-state index contributed by atoms with van der Waals surface area (Å²) in [7, 11) is 0. The highest BCUT2D eigenvalue weighted by Crippen LogP contribution is 2.33. The van der Waals surface area contributed by atoms with E-state index in [4.69, 9.17) is 18.9 Å². The van der Waals surface area contributed by atoms with Gasteiger partial charge in [0.1, 0.15) is 24.6 Å². The molecule has 1 aromatic heterocycles. The van der Waals surface area contributed by atoms with Gasteiger partial charge < -0.3 is 39.4 Å². The van der Waals surface area contributed by atoms with Crippen molar-refractivity contribution in [2.24, 2.45) is 0 Å². The van der Waals surface area contributed by atoms with Crippen molar-refractivity contribution in [1.29, 1.82) is 0 Å². The molecular formula is C36H47N5O8. The molecule has 2 aromatic carbocycles. The zero-order chi connectivity index (χ0) is 34.8. The van der Waals surface area contributed by atoms with Gasteiger partial charge in [-0.1, -0.05) is 60.7 Å². The smallest absolute Gasteiger partial charge is 0.410 e. The molecule has 264 valence electrons. The molecule has 2 aliphatic rings. The predicted octanol–water partition coefficient (Wildman–Crippen LogP) is 3.52. The van der Waals surface area contributed by atoms with Gasteiger partial charge in [0.25, 0.3) is 0 Å². The number of piperazine rings is 2. The highest BCUT2D eigenvalue weighted by Gasteiger charge is 2.42. The SMILES string of the molecule is CC(C)(C)OC(=O)N1CC(CO)N(C(O)OCc2ccccc2)C(c2cncc(OCC3CNCCN3C(=O)OCc3ccccc3)c2)C1. The first-order valence-corrected chi connectivity index (χ1v) is 16.6. The van der Waals surface area contributed by atoms with Crippen molar-refractivity contribution >= 4 is 12.2 Å². The molecule has 0 radical (unpaired) electrons. The van der Waals surface area contributed by atoms with Gasteiger partial charge in [-0.15, -0.1) is 0 Å². The van der Waals surface area contributed by atoms with Crippen LogP contribution >= 0.6 is 0 Å². The number of amides is 2. The van der Waals surface area contributed by atoms with Crippen molar-refractivity contribution in [2.45, 2.75) is 64.1 Å². The minimum absolute atomic E-state index is 0.113. The fourth-order valence-corrected chi connectivity index (χ4v) is 5.89. The Hall–Kier alpha value is -4.27. The molecule has 0 aliphatic carbocycles. The Morgan fingerprint density at radius 1 is 0.959 bits per heavy atom. The van der Waals surface area contributed by atoms with E-state index >= 15 is 0 Å². The van der Waals surface area contributed by atoms with Crippen LogP contribution in [-0.4, -0.2) is 112 Å². The molecule has 13 heteroatoms. The number of carbonyl (C=O) groups excluding carboxylic acids is 2. The molecule has 2 fully saturated rings. The van der Waals surface area contributed by atoms with Crippen LogP contribution in [0.3, 0.4) is 0 Å². The summed E-state index contributed by atoms with van der Waals surface area (Å²) >= 11 is 0. The second kappa shape index (κ2) is 16.9. The monoisotopic (exact) mass is 677 g/mol. The number of hydrogen-bond acceptors (Lipinski definition) is 11. The summed E-state index contributed by atoms with van der Waals surface area (Å²) in [6.07, 6.45) is 0.862. The Kier molecular flexibility index (Phi) is 12.4. The molecule has 4 atom stereocenters. The maximum absolute atomic E-state index is 13.2. The Bertz CT molecular complexity index is 1490. The number of aliphatic hydroxyl groups is 2. The minimum Gasteiger partial charge on any atom is -0.490 e. The van der Waals surface area contributed by atoms with Crippen molar-refractivity contribution in [1.82, 2.24) is 25.0 Å². The van der Waals surface area contributed by atoms with Crippen LogP contribution in [0.15, 0.2) is 79.1 Å². The number of rotatable bonds is 11. The third-order valence-corrected chi connectivity index (χ3v) is 8.32. The molecule has 2 saturated heterocycles. The molecule has 3 heterocycles. The van der Waals surface area contributed by atoms with Gasteiger partial charge in [-0.3, -0.25) is 9.88 Å². The lowest BCUT2D eigenvalue weighted by Gasteiger charge is -2.47. The van der Waals surface area contributed by atoms with Crippen LogP contribution in [0.5, 0.6) is 5.75 Å². The molecule has 13 nitrogen and oxygen atoms in total. The standard InChI is InChI=1S/C36H47N5O8/c1-36(2,3)49-33(43)39-20-30(22-42)41(35(45)48-24-27-12-8-5-9-13-27)32(21-39)28-16-31(19-38-17-28)46-25-29-18-37-14-15-40(29)34(44)47-23-26-10-6-4-7-11-26/h4-13,16-17,19,29-30,32,35,37,42,45H,14-15,18,20-25H2,1-3H3. The van der Waals surface area contributed by atoms with Crippen molar-refractivity contribution in [3.8, 4) is 5.75 Å². The van der Waals surface area contributed by atoms with E-state index in [1.807, 2.05) is 60.7 Å². The lowest BCUT2D eigenvalue weighted by atomic mass is 10.0. The van der Waals surface area contributed by atoms with E-state index in [2.05, 4.69) is 10.3 Å². The zero-order valence-corrected chi connectivity index (χ0v) is 28.3. The quantitative estimate of drug-likeness (QED) is 0.256. The van der Waals surface area contributed by atoms with Gasteiger partial charge in [0, 0.05) is 38.9 Å². The molecule has 5 rings (SSSR count). The Morgan fingerprint density at radius 3 is 2.33 bits per heavy atom. The second-order valence-electron chi connectivity index (χ2n) is 13.2. The van der Waals surface area contributed by atoms with E-state index in [9.17, 15) is 19.8 Å². The van der Waals surface area contributed by atoms with Gasteiger partial charge in [0.15, 0.2) is 0 Å². The summed E-state index contributed by atoms with van der Waals surface area (Å²) in [5.41, 5.74) is 1.69. The summed E-state index contributed by atoms with van der Waals surface area (Å²) in [5.74, 6) is 0.440. The van der Waals surface area contributed by atoms with E-state index in [-0.39, 0.29) is 45.6 Å². The topological polar surface area (TPSA) is 146 Å². The van der Waals surface area contributed by atoms with Gasteiger partial charge in [-0.05, 0) is 43.5 Å². The molecule has 0 bridgehead atoms. The number of aromatic nitrogens is 1. The third-order valence-electron chi connectivity index (χ3n) is 8.32. The van der Waals surface area contributed by atoms with Crippen molar-refractivity contribution in [2.75, 3.05) is 45.9 Å². The molecule has 3 N–H and O–H groups in total. The molecule has 0 spiro atoms. The maximum Gasteiger partial charge on any atom is 0.410 e. The van der Waals surface area contributed by atoms with Crippen LogP contribution in [0.2, 0.25) is 0 Å². The van der Waals surface area contributed by atoms with E-state index in [0.29, 0.717) is 30.9 Å². The summed E-state index contributed by atoms with van der Waals surface area (Å²) < 4.78 is 23.3. The Morgan fingerprint density at radius 2 is 1.65 bits per heavy atom. The highest BCUT2D eigenvalue weighted by molar-refractivity contribution is 5.69. The second-order valence-corrected chi connectivity index (χ2v) is 13.2. The lowest BCUT2D eigenvalue weighted by Crippen LogP contribution is -2.61. The van der Waals surface area contributed by atoms with E-state index in [1.165, 1.54) is 4.90 Å². The van der Waals surface area contributed by atoms with Gasteiger partial charge >= 0.3 is 12.2 Å². The van der Waals surface area contributed by atoms with Crippen molar-refractivity contribution in [3.63, 3.8) is 0 Å². The average Bonchev–Trinajstić information content (AvgIpc) is 3.11. The molecule has 4 unspecified atom stereocenters. The van der Waals surface area contributed by atoms with Crippen LogP contribution in [0.25, 0.3) is 0 Å². The molecule has 49 heavy (non-hydrogen) atoms. The number of nitrogens with zero attached hydrogens (tertiary/aromatic N) is 4. The fourth-order valence-electron chi connectivity index (χ4n) is 5.89. The van der Waals surface area contributed by atoms with Gasteiger partial charge in [0.05, 0.1) is 37.5 Å². The van der Waals surface area contributed by atoms with Crippen LogP contribution in [0.1, 0.15) is 43.5 Å². The first kappa shape index (κ1) is 36.0. The highest BCUT2D eigenvalue weighted by atomic mass is 16.6. The first-order chi connectivity index (χ1) is 23.6. The van der Waals surface area contributed by atoms with Gasteiger partial charge in [-0.2, -0.15) is 0 Å². The summed E-state index contributed by atoms with van der Waals surface area (Å²) in [5, 5.41) is 25.2. The number of carbonyl (C=O) groups is 2. The number of pyridine rings is 1. The van der Waals surface area contributed by atoms with Crippen LogP contribution in [0, 0.1) is 0 Å². The summed E-state index contributed by atoms with van der Waals surface area (Å²) in [4.78, 5) is 35.5. The largest absolute Gasteiger partial charge is 0.490 e. The molecule has 0 saturated carbocycles. The van der Waals surface area contributed by atoms with E-state index in [0.717, 1.165) is 11.1 Å². The number of nitrogens with one attached hydrogen (secondary N) is 1. The van der Waals surface area contributed by atoms with Gasteiger partial charge in [-0.25, -0.2) is 14.5 Å². The van der Waals surface area contributed by atoms with Crippen molar-refractivity contribution in [3.05, 3.63) is 95.8 Å². The number of benzene rings is 2. The normalized spacial score (nSPS) is 20.8. The maximum atomic E-state index is 13.2. The average molecular weight is 678 g/mol. The summed E-state index contributed by atoms with van der Waals surface area (Å²) in [6, 6.07) is 19.2. The van der Waals surface area contributed by atoms with Crippen molar-refractivity contribution < 1.29 is 38.7 Å². The molecule has 3 aromatic rings. The van der Waals surface area contributed by atoms with Crippen LogP contribution < -0.4 is 10.1 Å². The number of ether oxygens (including phenoxy) is 4. The minimum atomic E-state index is -1.41. The molecular weight excluding hydrogens is 630 g/mol. The summed E-state index contributed by atoms with van der Waals surface area (Å²) in [6.45, 7) is 7.41. The van der Waals surface area contributed by atoms with E-state index in [1.54, 1.807) is 49.0 Å². The third kappa shape index (κ3) is 10.1. The Balaban J connectivity index is 1.31.